The predicted molar refractivity (Wildman–Crippen MR) is 200 cm³/mol. The lowest BCUT2D eigenvalue weighted by atomic mass is 10.1. The molecule has 3 aromatic carbocycles. The van der Waals surface area contributed by atoms with E-state index in [9.17, 15) is 17.2 Å². The summed E-state index contributed by atoms with van der Waals surface area (Å²) in [6.07, 6.45) is 6.14. The van der Waals surface area contributed by atoms with Crippen molar-refractivity contribution < 1.29 is 21.9 Å². The van der Waals surface area contributed by atoms with Crippen molar-refractivity contribution >= 4 is 56.1 Å². The van der Waals surface area contributed by atoms with Gasteiger partial charge in [0.2, 0.25) is 5.95 Å². The summed E-state index contributed by atoms with van der Waals surface area (Å²) in [5, 5.41) is 4.90. The van der Waals surface area contributed by atoms with Gasteiger partial charge in [-0.1, -0.05) is 32.0 Å². The lowest BCUT2D eigenvalue weighted by Crippen LogP contribution is -2.35. The number of thioether (sulfide) groups is 1. The van der Waals surface area contributed by atoms with Crippen LogP contribution in [0.5, 0.6) is 5.75 Å². The van der Waals surface area contributed by atoms with Crippen LogP contribution < -0.4 is 19.7 Å². The molecule has 0 atom stereocenters. The number of nitrogens with zero attached hydrogens (tertiary/aromatic N) is 4. The molecule has 6 rings (SSSR count). The number of hydrogen-bond acceptors (Lipinski definition) is 10. The third-order valence-electron chi connectivity index (χ3n) is 8.48. The number of anilines is 4. The fourth-order valence-corrected chi connectivity index (χ4v) is 8.84. The van der Waals surface area contributed by atoms with Crippen LogP contribution >= 0.6 is 23.1 Å². The number of halogens is 2. The van der Waals surface area contributed by atoms with Crippen LogP contribution in [0.4, 0.5) is 31.8 Å². The Labute approximate surface area is 299 Å². The van der Waals surface area contributed by atoms with Gasteiger partial charge in [0, 0.05) is 53.5 Å². The Morgan fingerprint density at radius 1 is 1.02 bits per heavy atom. The molecule has 262 valence electrons. The Balaban J connectivity index is 1.30. The molecule has 2 aromatic heterocycles. The number of aromatic nitrogens is 3. The molecule has 3 heterocycles. The Bertz CT molecular complexity index is 2100. The highest BCUT2D eigenvalue weighted by Crippen LogP contribution is 2.40. The number of aryl methyl sites for hydroxylation is 1. The first-order chi connectivity index (χ1) is 24.0. The summed E-state index contributed by atoms with van der Waals surface area (Å²) in [5.41, 5.74) is 4.94. The minimum Gasteiger partial charge on any atom is -0.494 e. The van der Waals surface area contributed by atoms with Crippen molar-refractivity contribution in [2.75, 3.05) is 41.4 Å². The highest BCUT2D eigenvalue weighted by molar-refractivity contribution is 7.99. The van der Waals surface area contributed by atoms with Gasteiger partial charge in [-0.05, 0) is 68.0 Å². The number of sulfonamides is 1. The Kier molecular flexibility index (Phi) is 10.6. The minimum absolute atomic E-state index is 0.106. The first-order valence-electron chi connectivity index (χ1n) is 16.1. The predicted octanol–water partition coefficient (Wildman–Crippen LogP) is 8.86. The van der Waals surface area contributed by atoms with Crippen LogP contribution in [-0.4, -0.2) is 55.1 Å². The Hall–Kier alpha value is -4.27. The van der Waals surface area contributed by atoms with Gasteiger partial charge >= 0.3 is 0 Å². The van der Waals surface area contributed by atoms with Crippen molar-refractivity contribution in [3.63, 3.8) is 0 Å². The topological polar surface area (TPSA) is 109 Å². The molecule has 0 spiro atoms. The molecule has 0 amide bonds. The average Bonchev–Trinajstić information content (AvgIpc) is 3.55. The second kappa shape index (κ2) is 14.9. The molecule has 9 nitrogen and oxygen atoms in total. The van der Waals surface area contributed by atoms with E-state index in [1.807, 2.05) is 25.6 Å². The van der Waals surface area contributed by atoms with Gasteiger partial charge in [0.25, 0.3) is 10.0 Å². The van der Waals surface area contributed by atoms with Gasteiger partial charge in [0.1, 0.15) is 17.4 Å². The van der Waals surface area contributed by atoms with Crippen LogP contribution in [-0.2, 0) is 10.0 Å². The number of nitrogens with one attached hydrogen (secondary N) is 2. The van der Waals surface area contributed by atoms with Gasteiger partial charge in [-0.3, -0.25) is 4.72 Å². The number of ether oxygens (including phenoxy) is 1. The zero-order valence-electron chi connectivity index (χ0n) is 28.3. The molecular weight excluding hydrogens is 699 g/mol. The van der Waals surface area contributed by atoms with Crippen LogP contribution in [0.2, 0.25) is 0 Å². The number of piperidine rings is 1. The number of hydrogen-bond donors (Lipinski definition) is 2. The van der Waals surface area contributed by atoms with E-state index in [2.05, 4.69) is 45.2 Å². The number of thiazole rings is 1. The molecule has 5 aromatic rings. The van der Waals surface area contributed by atoms with Crippen molar-refractivity contribution in [2.45, 2.75) is 49.7 Å². The van der Waals surface area contributed by atoms with E-state index in [0.717, 1.165) is 71.0 Å². The van der Waals surface area contributed by atoms with E-state index >= 15 is 0 Å². The summed E-state index contributed by atoms with van der Waals surface area (Å²) in [7, 11) is -2.91. The zero-order chi connectivity index (χ0) is 35.6. The standard InChI is InChI=1S/C36H38F2N6O3S3/c1-21(2)35-42-32(23-8-6-9-24(19-23)43-50(45,46)34-26(37)10-7-11-27(34)38)33(49-35)28-12-15-39-36(40-28)41-29-18-22(3)30(20-31(29)47-4)44-16-13-25(48-5)14-17-44/h6-12,15,18-21,25,43H,13-14,16-17H2,1-5H3,(H,39,40,41). The molecule has 2 N–H and O–H groups in total. The maximum Gasteiger partial charge on any atom is 0.267 e. The van der Waals surface area contributed by atoms with Gasteiger partial charge in [0.05, 0.1) is 34.1 Å². The quantitative estimate of drug-likeness (QED) is 0.137. The van der Waals surface area contributed by atoms with Crippen molar-refractivity contribution in [1.29, 1.82) is 0 Å². The first-order valence-corrected chi connectivity index (χ1v) is 19.7. The third-order valence-corrected chi connectivity index (χ3v) is 12.4. The molecule has 1 fully saturated rings. The molecule has 0 radical (unpaired) electrons. The van der Waals surface area contributed by atoms with E-state index in [1.54, 1.807) is 37.6 Å². The largest absolute Gasteiger partial charge is 0.494 e. The van der Waals surface area contributed by atoms with Gasteiger partial charge in [-0.15, -0.1) is 11.3 Å². The van der Waals surface area contributed by atoms with E-state index in [1.165, 1.54) is 17.4 Å². The summed E-state index contributed by atoms with van der Waals surface area (Å²) >= 11 is 3.42. The molecule has 0 aliphatic carbocycles. The first kappa shape index (κ1) is 35.6. The molecule has 0 saturated carbocycles. The van der Waals surface area contributed by atoms with Crippen molar-refractivity contribution in [3.05, 3.63) is 89.1 Å². The molecule has 1 aliphatic rings. The normalized spacial score (nSPS) is 13.9. The number of benzene rings is 3. The zero-order valence-corrected chi connectivity index (χ0v) is 30.8. The second-order valence-corrected chi connectivity index (χ2v) is 16.1. The maximum atomic E-state index is 14.4. The molecular formula is C36H38F2N6O3S3. The average molecular weight is 737 g/mol. The third kappa shape index (κ3) is 7.57. The number of methoxy groups -OCH3 is 1. The summed E-state index contributed by atoms with van der Waals surface area (Å²) in [5.74, 6) is -1.20. The lowest BCUT2D eigenvalue weighted by molar-refractivity contribution is 0.416. The van der Waals surface area contributed by atoms with Crippen molar-refractivity contribution in [2.24, 2.45) is 0 Å². The smallest absolute Gasteiger partial charge is 0.267 e. The fourth-order valence-electron chi connectivity index (χ4n) is 5.91. The minimum atomic E-state index is -4.56. The SMILES string of the molecule is COc1cc(N2CCC(SC)CC2)c(C)cc1Nc1nccc(-c2sc(C(C)C)nc2-c2cccc(NS(=O)(=O)c3c(F)cccc3F)c2)n1. The van der Waals surface area contributed by atoms with E-state index in [0.29, 0.717) is 33.9 Å². The monoisotopic (exact) mass is 736 g/mol. The molecule has 1 aliphatic heterocycles. The highest BCUT2D eigenvalue weighted by Gasteiger charge is 2.25. The number of rotatable bonds is 11. The van der Waals surface area contributed by atoms with E-state index < -0.39 is 26.6 Å². The van der Waals surface area contributed by atoms with Crippen LogP contribution in [0, 0.1) is 18.6 Å². The van der Waals surface area contributed by atoms with Crippen LogP contribution in [0.3, 0.4) is 0 Å². The second-order valence-electron chi connectivity index (χ2n) is 12.3. The summed E-state index contributed by atoms with van der Waals surface area (Å²) in [6, 6.07) is 15.4. The molecule has 1 saturated heterocycles. The molecule has 50 heavy (non-hydrogen) atoms. The lowest BCUT2D eigenvalue weighted by Gasteiger charge is -2.34. The molecule has 0 bridgehead atoms. The van der Waals surface area contributed by atoms with Gasteiger partial charge < -0.3 is 15.0 Å². The fraction of sp³-hybridized carbons (Fsp3) is 0.306. The van der Waals surface area contributed by atoms with Crippen LogP contribution in [0.25, 0.3) is 21.8 Å². The summed E-state index contributed by atoms with van der Waals surface area (Å²) in [6.45, 7) is 8.17. The summed E-state index contributed by atoms with van der Waals surface area (Å²) in [4.78, 5) is 16.4. The Morgan fingerprint density at radius 2 is 1.74 bits per heavy atom. The van der Waals surface area contributed by atoms with Gasteiger partial charge in [0.15, 0.2) is 4.90 Å². The molecule has 14 heteroatoms. The van der Waals surface area contributed by atoms with Crippen LogP contribution in [0.15, 0.2) is 71.8 Å². The van der Waals surface area contributed by atoms with Crippen molar-refractivity contribution in [3.8, 4) is 27.6 Å². The molecule has 0 unspecified atom stereocenters. The Morgan fingerprint density at radius 3 is 2.42 bits per heavy atom. The van der Waals surface area contributed by atoms with E-state index in [-0.39, 0.29) is 11.6 Å². The van der Waals surface area contributed by atoms with Crippen LogP contribution in [0.1, 0.15) is 43.2 Å². The van der Waals surface area contributed by atoms with E-state index in [4.69, 9.17) is 14.7 Å². The van der Waals surface area contributed by atoms with Gasteiger partial charge in [-0.2, -0.15) is 11.8 Å². The van der Waals surface area contributed by atoms with Crippen molar-refractivity contribution in [1.82, 2.24) is 15.0 Å². The summed E-state index contributed by atoms with van der Waals surface area (Å²) < 4.78 is 62.9. The maximum absolute atomic E-state index is 14.4. The highest BCUT2D eigenvalue weighted by atomic mass is 32.2. The van der Waals surface area contributed by atoms with Gasteiger partial charge in [-0.25, -0.2) is 32.2 Å².